The van der Waals surface area contributed by atoms with Crippen molar-refractivity contribution >= 4 is 17.8 Å². The van der Waals surface area contributed by atoms with E-state index in [1.54, 1.807) is 4.90 Å². The van der Waals surface area contributed by atoms with Crippen LogP contribution in [0.3, 0.4) is 0 Å². The number of hydrogen-bond donors (Lipinski definition) is 2. The van der Waals surface area contributed by atoms with Crippen molar-refractivity contribution < 1.29 is 23.9 Å². The van der Waals surface area contributed by atoms with Crippen molar-refractivity contribution in [3.63, 3.8) is 0 Å². The lowest BCUT2D eigenvalue weighted by atomic mass is 10.1. The monoisotopic (exact) mass is 355 g/mol. The maximum atomic E-state index is 12.2. The third-order valence-electron chi connectivity index (χ3n) is 4.28. The summed E-state index contributed by atoms with van der Waals surface area (Å²) < 4.78 is 10.6. The van der Waals surface area contributed by atoms with Gasteiger partial charge in [-0.05, 0) is 18.8 Å². The second-order valence-electron chi connectivity index (χ2n) is 7.00. The molecule has 2 fully saturated rings. The quantitative estimate of drug-likeness (QED) is 0.579. The summed E-state index contributed by atoms with van der Waals surface area (Å²) in [7, 11) is 0. The van der Waals surface area contributed by atoms with E-state index >= 15 is 0 Å². The van der Waals surface area contributed by atoms with Crippen LogP contribution >= 0.6 is 0 Å². The molecule has 2 amide bonds. The molecule has 8 nitrogen and oxygen atoms in total. The lowest BCUT2D eigenvalue weighted by Crippen LogP contribution is -2.58. The molecule has 0 radical (unpaired) electrons. The lowest BCUT2D eigenvalue weighted by Gasteiger charge is -2.34. The zero-order valence-corrected chi connectivity index (χ0v) is 15.1. The van der Waals surface area contributed by atoms with Crippen LogP contribution in [0.15, 0.2) is 0 Å². The highest BCUT2D eigenvalue weighted by Crippen LogP contribution is 2.12. The lowest BCUT2D eigenvalue weighted by molar-refractivity contribution is -0.150. The van der Waals surface area contributed by atoms with Crippen molar-refractivity contribution in [3.05, 3.63) is 0 Å². The van der Waals surface area contributed by atoms with E-state index in [9.17, 15) is 14.4 Å². The van der Waals surface area contributed by atoms with Crippen LogP contribution in [0.4, 0.5) is 0 Å². The summed E-state index contributed by atoms with van der Waals surface area (Å²) in [6.45, 7) is 6.54. The molecule has 8 heteroatoms. The third-order valence-corrected chi connectivity index (χ3v) is 4.28. The predicted molar refractivity (Wildman–Crippen MR) is 90.8 cm³/mol. The van der Waals surface area contributed by atoms with Crippen LogP contribution in [0.5, 0.6) is 0 Å². The van der Waals surface area contributed by atoms with Gasteiger partial charge in [0.25, 0.3) is 0 Å². The number of piperazine rings is 1. The number of carbonyl (C=O) groups excluding carboxylic acids is 3. The van der Waals surface area contributed by atoms with Gasteiger partial charge >= 0.3 is 5.97 Å². The van der Waals surface area contributed by atoms with Crippen LogP contribution in [0.2, 0.25) is 0 Å². The molecule has 25 heavy (non-hydrogen) atoms. The highest BCUT2D eigenvalue weighted by Gasteiger charge is 2.33. The molecular formula is C17H29N3O5. The van der Waals surface area contributed by atoms with Crippen LogP contribution < -0.4 is 10.6 Å². The molecular weight excluding hydrogens is 326 g/mol. The molecule has 2 aliphatic rings. The highest BCUT2D eigenvalue weighted by atomic mass is 16.5. The highest BCUT2D eigenvalue weighted by molar-refractivity contribution is 5.88. The molecule has 2 unspecified atom stereocenters. The minimum absolute atomic E-state index is 0.0441. The fourth-order valence-corrected chi connectivity index (χ4v) is 2.92. The Labute approximate surface area is 148 Å². The Balaban J connectivity index is 1.81. The molecule has 0 bridgehead atoms. The summed E-state index contributed by atoms with van der Waals surface area (Å²) in [5, 5.41) is 5.59. The number of carbonyl (C=O) groups is 3. The van der Waals surface area contributed by atoms with Crippen LogP contribution in [0.1, 0.15) is 33.1 Å². The van der Waals surface area contributed by atoms with Gasteiger partial charge in [0.05, 0.1) is 25.7 Å². The minimum Gasteiger partial charge on any atom is -0.465 e. The summed E-state index contributed by atoms with van der Waals surface area (Å²) in [6.07, 6.45) is 2.01. The fraction of sp³-hybridized carbons (Fsp3) is 0.824. The van der Waals surface area contributed by atoms with E-state index in [1.165, 1.54) is 0 Å². The van der Waals surface area contributed by atoms with Crippen molar-refractivity contribution in [1.29, 1.82) is 0 Å². The van der Waals surface area contributed by atoms with E-state index in [0.29, 0.717) is 26.2 Å². The molecule has 2 atom stereocenters. The average Bonchev–Trinajstić information content (AvgIpc) is 3.08. The summed E-state index contributed by atoms with van der Waals surface area (Å²) in [5.41, 5.74) is 0. The smallest absolute Gasteiger partial charge is 0.307 e. The van der Waals surface area contributed by atoms with E-state index in [4.69, 9.17) is 9.47 Å². The Bertz CT molecular complexity index is 477. The first kappa shape index (κ1) is 19.7. The number of rotatable bonds is 8. The van der Waals surface area contributed by atoms with Crippen molar-refractivity contribution in [2.24, 2.45) is 5.92 Å². The first-order chi connectivity index (χ1) is 12.0. The summed E-state index contributed by atoms with van der Waals surface area (Å²) in [6, 6.07) is -0.665. The number of nitrogens with one attached hydrogen (secondary N) is 2. The van der Waals surface area contributed by atoms with Gasteiger partial charge in [-0.3, -0.25) is 19.3 Å². The summed E-state index contributed by atoms with van der Waals surface area (Å²) >= 11 is 0. The van der Waals surface area contributed by atoms with Gasteiger partial charge in [0.2, 0.25) is 11.8 Å². The molecule has 2 heterocycles. The van der Waals surface area contributed by atoms with Crippen molar-refractivity contribution in [3.8, 4) is 0 Å². The normalized spacial score (nSPS) is 24.2. The van der Waals surface area contributed by atoms with Crippen molar-refractivity contribution in [2.75, 3.05) is 39.4 Å². The second-order valence-corrected chi connectivity index (χ2v) is 7.00. The number of hydrogen-bond acceptors (Lipinski definition) is 6. The third kappa shape index (κ3) is 6.62. The largest absolute Gasteiger partial charge is 0.465 e. The molecule has 0 aliphatic carbocycles. The van der Waals surface area contributed by atoms with Gasteiger partial charge in [-0.2, -0.15) is 0 Å². The molecule has 0 saturated carbocycles. The second kappa shape index (κ2) is 9.72. The molecule has 0 aromatic carbocycles. The molecule has 2 N–H and O–H groups in total. The Morgan fingerprint density at radius 1 is 1.44 bits per heavy atom. The molecule has 142 valence electrons. The van der Waals surface area contributed by atoms with E-state index in [0.717, 1.165) is 19.4 Å². The fourth-order valence-electron chi connectivity index (χ4n) is 2.92. The van der Waals surface area contributed by atoms with Crippen LogP contribution in [0, 0.1) is 5.92 Å². The topological polar surface area (TPSA) is 97.0 Å². The van der Waals surface area contributed by atoms with Gasteiger partial charge in [-0.25, -0.2) is 0 Å². The zero-order chi connectivity index (χ0) is 18.2. The van der Waals surface area contributed by atoms with Gasteiger partial charge in [0.15, 0.2) is 0 Å². The summed E-state index contributed by atoms with van der Waals surface area (Å²) in [5.74, 6) is -0.574. The first-order valence-corrected chi connectivity index (χ1v) is 9.01. The van der Waals surface area contributed by atoms with Gasteiger partial charge in [-0.1, -0.05) is 13.8 Å². The summed E-state index contributed by atoms with van der Waals surface area (Å²) in [4.78, 5) is 38.0. The molecule has 0 aromatic heterocycles. The zero-order valence-electron chi connectivity index (χ0n) is 15.1. The first-order valence-electron chi connectivity index (χ1n) is 9.01. The Kier molecular flexibility index (Phi) is 7.64. The van der Waals surface area contributed by atoms with E-state index < -0.39 is 12.0 Å². The SMILES string of the molecule is CC(C)COC(=O)CC1C(=O)NCCN1CC(=O)NCC1CCCO1. The van der Waals surface area contributed by atoms with Crippen LogP contribution in [-0.2, 0) is 23.9 Å². The molecule has 2 rings (SSSR count). The van der Waals surface area contributed by atoms with Crippen LogP contribution in [-0.4, -0.2) is 74.2 Å². The van der Waals surface area contributed by atoms with E-state index in [1.807, 2.05) is 13.8 Å². The van der Waals surface area contributed by atoms with Crippen molar-refractivity contribution in [2.45, 2.75) is 45.3 Å². The molecule has 2 aliphatic heterocycles. The maximum absolute atomic E-state index is 12.2. The number of amides is 2. The van der Waals surface area contributed by atoms with Gasteiger partial charge < -0.3 is 20.1 Å². The molecule has 0 aromatic rings. The van der Waals surface area contributed by atoms with Gasteiger partial charge in [0.1, 0.15) is 6.04 Å². The molecule has 2 saturated heterocycles. The number of ether oxygens (including phenoxy) is 2. The molecule has 0 spiro atoms. The standard InChI is InChI=1S/C17H29N3O5/c1-12(2)11-25-16(22)8-14-17(23)18-5-6-20(14)10-15(21)19-9-13-4-3-7-24-13/h12-14H,3-11H2,1-2H3,(H,18,23)(H,19,21). The van der Waals surface area contributed by atoms with E-state index in [-0.39, 0.29) is 36.8 Å². The Morgan fingerprint density at radius 2 is 2.24 bits per heavy atom. The predicted octanol–water partition coefficient (Wildman–Crippen LogP) is -0.329. The van der Waals surface area contributed by atoms with Gasteiger partial charge in [0, 0.05) is 26.2 Å². The average molecular weight is 355 g/mol. The van der Waals surface area contributed by atoms with Crippen molar-refractivity contribution in [1.82, 2.24) is 15.5 Å². The minimum atomic E-state index is -0.665. The Morgan fingerprint density at radius 3 is 2.92 bits per heavy atom. The number of nitrogens with zero attached hydrogens (tertiary/aromatic N) is 1. The maximum Gasteiger partial charge on any atom is 0.307 e. The van der Waals surface area contributed by atoms with Crippen LogP contribution in [0.25, 0.3) is 0 Å². The Hall–Kier alpha value is -1.67. The number of esters is 1. The van der Waals surface area contributed by atoms with Gasteiger partial charge in [-0.15, -0.1) is 0 Å². The van der Waals surface area contributed by atoms with E-state index in [2.05, 4.69) is 10.6 Å².